The van der Waals surface area contributed by atoms with Crippen LogP contribution in [0.5, 0.6) is 5.75 Å². The molecule has 0 unspecified atom stereocenters. The fraction of sp³-hybridized carbons (Fsp3) is 0.318. The standard InChI is InChI=1S/C22H23N5O/c1-15-10-12-26(13-11-15)22-23-19-9-4-3-8-18(19)21-25-24-20(27(21)22)16-6-5-7-17(14-16)28-2/h3-9,14-15H,10-13H2,1-2H3. The van der Waals surface area contributed by atoms with Gasteiger partial charge in [-0.1, -0.05) is 31.2 Å². The van der Waals surface area contributed by atoms with Crippen LogP contribution in [-0.4, -0.2) is 39.8 Å². The second-order valence-electron chi connectivity index (χ2n) is 7.51. The van der Waals surface area contributed by atoms with E-state index in [1.807, 2.05) is 42.5 Å². The van der Waals surface area contributed by atoms with Crippen molar-refractivity contribution in [1.82, 2.24) is 19.6 Å². The summed E-state index contributed by atoms with van der Waals surface area (Å²) in [5, 5.41) is 10.1. The number of nitrogens with zero attached hydrogens (tertiary/aromatic N) is 5. The number of ether oxygens (including phenoxy) is 1. The van der Waals surface area contributed by atoms with Crippen LogP contribution in [0.15, 0.2) is 48.5 Å². The number of para-hydroxylation sites is 1. The van der Waals surface area contributed by atoms with Crippen molar-refractivity contribution in [3.8, 4) is 17.1 Å². The average molecular weight is 373 g/mol. The number of fused-ring (bicyclic) bond motifs is 3. The van der Waals surface area contributed by atoms with Crippen molar-refractivity contribution in [3.63, 3.8) is 0 Å². The minimum Gasteiger partial charge on any atom is -0.497 e. The van der Waals surface area contributed by atoms with Gasteiger partial charge in [-0.05, 0) is 43.0 Å². The molecule has 1 fully saturated rings. The Bertz CT molecular complexity index is 1140. The topological polar surface area (TPSA) is 55.6 Å². The quantitative estimate of drug-likeness (QED) is 0.539. The van der Waals surface area contributed by atoms with E-state index < -0.39 is 0 Å². The molecule has 28 heavy (non-hydrogen) atoms. The number of benzene rings is 2. The van der Waals surface area contributed by atoms with E-state index in [-0.39, 0.29) is 0 Å². The third-order valence-electron chi connectivity index (χ3n) is 5.62. The first-order valence-corrected chi connectivity index (χ1v) is 9.78. The van der Waals surface area contributed by atoms with E-state index in [0.717, 1.165) is 58.6 Å². The molecule has 2 aromatic heterocycles. The molecule has 1 aliphatic heterocycles. The number of piperidine rings is 1. The minimum atomic E-state index is 0.756. The molecule has 0 N–H and O–H groups in total. The van der Waals surface area contributed by atoms with Gasteiger partial charge in [0.25, 0.3) is 0 Å². The van der Waals surface area contributed by atoms with Crippen LogP contribution in [0.1, 0.15) is 19.8 Å². The van der Waals surface area contributed by atoms with Gasteiger partial charge in [0.05, 0.1) is 12.6 Å². The van der Waals surface area contributed by atoms with Crippen LogP contribution in [0.25, 0.3) is 27.9 Å². The van der Waals surface area contributed by atoms with Crippen molar-refractivity contribution in [2.24, 2.45) is 5.92 Å². The molecular formula is C22H23N5O. The number of hydrogen-bond acceptors (Lipinski definition) is 5. The van der Waals surface area contributed by atoms with Crippen LogP contribution in [0.2, 0.25) is 0 Å². The molecule has 6 heteroatoms. The van der Waals surface area contributed by atoms with E-state index in [2.05, 4.69) is 32.5 Å². The van der Waals surface area contributed by atoms with Crippen molar-refractivity contribution < 1.29 is 4.74 Å². The summed E-state index contributed by atoms with van der Waals surface area (Å²) in [4.78, 5) is 7.40. The zero-order chi connectivity index (χ0) is 19.1. The van der Waals surface area contributed by atoms with Gasteiger partial charge in [-0.25, -0.2) is 9.38 Å². The Kier molecular flexibility index (Phi) is 4.11. The van der Waals surface area contributed by atoms with Gasteiger partial charge in [0.1, 0.15) is 5.75 Å². The Morgan fingerprint density at radius 3 is 2.64 bits per heavy atom. The largest absolute Gasteiger partial charge is 0.497 e. The molecular weight excluding hydrogens is 350 g/mol. The van der Waals surface area contributed by atoms with E-state index in [1.54, 1.807) is 7.11 Å². The third kappa shape index (κ3) is 2.76. The molecule has 1 aliphatic rings. The molecule has 1 saturated heterocycles. The molecule has 3 heterocycles. The zero-order valence-corrected chi connectivity index (χ0v) is 16.2. The highest BCUT2D eigenvalue weighted by Crippen LogP contribution is 2.31. The average Bonchev–Trinajstić information content (AvgIpc) is 3.19. The zero-order valence-electron chi connectivity index (χ0n) is 16.2. The molecule has 0 aliphatic carbocycles. The maximum absolute atomic E-state index is 5.41. The number of rotatable bonds is 3. The number of aromatic nitrogens is 4. The van der Waals surface area contributed by atoms with Gasteiger partial charge in [-0.3, -0.25) is 0 Å². The lowest BCUT2D eigenvalue weighted by molar-refractivity contribution is 0.415. The van der Waals surface area contributed by atoms with E-state index in [4.69, 9.17) is 9.72 Å². The second kappa shape index (κ2) is 6.78. The Morgan fingerprint density at radius 1 is 1.00 bits per heavy atom. The van der Waals surface area contributed by atoms with Crippen molar-refractivity contribution in [2.75, 3.05) is 25.1 Å². The first kappa shape index (κ1) is 17.0. The normalized spacial score (nSPS) is 15.4. The van der Waals surface area contributed by atoms with E-state index in [0.29, 0.717) is 0 Å². The highest BCUT2D eigenvalue weighted by Gasteiger charge is 2.23. The number of hydrogen-bond donors (Lipinski definition) is 0. The van der Waals surface area contributed by atoms with Crippen molar-refractivity contribution >= 4 is 22.5 Å². The molecule has 5 rings (SSSR count). The summed E-state index contributed by atoms with van der Waals surface area (Å²) in [6.07, 6.45) is 2.35. The highest BCUT2D eigenvalue weighted by molar-refractivity contribution is 5.93. The summed E-state index contributed by atoms with van der Waals surface area (Å²) >= 11 is 0. The van der Waals surface area contributed by atoms with Crippen molar-refractivity contribution in [3.05, 3.63) is 48.5 Å². The molecule has 142 valence electrons. The predicted molar refractivity (Wildman–Crippen MR) is 111 cm³/mol. The van der Waals surface area contributed by atoms with Crippen molar-refractivity contribution in [2.45, 2.75) is 19.8 Å². The molecule has 2 aromatic carbocycles. The highest BCUT2D eigenvalue weighted by atomic mass is 16.5. The van der Waals surface area contributed by atoms with E-state index >= 15 is 0 Å². The monoisotopic (exact) mass is 373 g/mol. The van der Waals surface area contributed by atoms with Gasteiger partial charge in [-0.15, -0.1) is 10.2 Å². The van der Waals surface area contributed by atoms with Gasteiger partial charge in [0.15, 0.2) is 11.5 Å². The lowest BCUT2D eigenvalue weighted by Crippen LogP contribution is -2.34. The van der Waals surface area contributed by atoms with E-state index in [9.17, 15) is 0 Å². The lowest BCUT2D eigenvalue weighted by Gasteiger charge is -2.31. The maximum atomic E-state index is 5.41. The summed E-state index contributed by atoms with van der Waals surface area (Å²) in [7, 11) is 1.68. The number of methoxy groups -OCH3 is 1. The molecule has 0 saturated carbocycles. The molecule has 6 nitrogen and oxygen atoms in total. The summed E-state index contributed by atoms with van der Waals surface area (Å²) in [5.74, 6) is 3.27. The van der Waals surface area contributed by atoms with Crippen molar-refractivity contribution in [1.29, 1.82) is 0 Å². The van der Waals surface area contributed by atoms with Gasteiger partial charge in [-0.2, -0.15) is 0 Å². The lowest BCUT2D eigenvalue weighted by atomic mass is 9.99. The summed E-state index contributed by atoms with van der Waals surface area (Å²) in [6, 6.07) is 16.1. The van der Waals surface area contributed by atoms with Crippen LogP contribution in [0, 0.1) is 5.92 Å². The molecule has 0 atom stereocenters. The van der Waals surface area contributed by atoms with Gasteiger partial charge in [0, 0.05) is 24.0 Å². The van der Waals surface area contributed by atoms with E-state index in [1.165, 1.54) is 12.8 Å². The Balaban J connectivity index is 1.77. The molecule has 0 amide bonds. The van der Waals surface area contributed by atoms with Gasteiger partial charge < -0.3 is 9.64 Å². The summed E-state index contributed by atoms with van der Waals surface area (Å²) < 4.78 is 7.51. The maximum Gasteiger partial charge on any atom is 0.213 e. The van der Waals surface area contributed by atoms with Gasteiger partial charge in [0.2, 0.25) is 5.95 Å². The first-order chi connectivity index (χ1) is 13.7. The van der Waals surface area contributed by atoms with Crippen LogP contribution < -0.4 is 9.64 Å². The first-order valence-electron chi connectivity index (χ1n) is 9.78. The molecule has 4 aromatic rings. The van der Waals surface area contributed by atoms with Crippen LogP contribution in [0.3, 0.4) is 0 Å². The summed E-state index contributed by atoms with van der Waals surface area (Å²) in [6.45, 7) is 4.32. The Morgan fingerprint density at radius 2 is 1.82 bits per heavy atom. The SMILES string of the molecule is COc1cccc(-c2nnc3c4ccccc4nc(N4CCC(C)CC4)n23)c1. The molecule has 0 spiro atoms. The van der Waals surface area contributed by atoms with Crippen LogP contribution >= 0.6 is 0 Å². The Hall–Kier alpha value is -3.15. The third-order valence-corrected chi connectivity index (χ3v) is 5.62. The second-order valence-corrected chi connectivity index (χ2v) is 7.51. The van der Waals surface area contributed by atoms with Crippen LogP contribution in [-0.2, 0) is 0 Å². The fourth-order valence-corrected chi connectivity index (χ4v) is 3.94. The van der Waals surface area contributed by atoms with Gasteiger partial charge >= 0.3 is 0 Å². The molecule has 0 radical (unpaired) electrons. The smallest absolute Gasteiger partial charge is 0.213 e. The predicted octanol–water partition coefficient (Wildman–Crippen LogP) is 4.19. The Labute approximate surface area is 163 Å². The molecule has 0 bridgehead atoms. The summed E-state index contributed by atoms with van der Waals surface area (Å²) in [5.41, 5.74) is 2.76. The minimum absolute atomic E-state index is 0.756. The fourth-order valence-electron chi connectivity index (χ4n) is 3.94. The van der Waals surface area contributed by atoms with Crippen LogP contribution in [0.4, 0.5) is 5.95 Å². The number of anilines is 1.